The number of allylic oxidation sites excluding steroid dienone is 1. The minimum atomic E-state index is -1.39. The molecule has 1 saturated heterocycles. The Hall–Kier alpha value is -2.92. The van der Waals surface area contributed by atoms with Gasteiger partial charge < -0.3 is 34.2 Å². The van der Waals surface area contributed by atoms with Crippen molar-refractivity contribution >= 4 is 23.9 Å². The molecular formula is C21H31NO10. The molecule has 0 spiro atoms. The van der Waals surface area contributed by atoms with E-state index in [1.807, 2.05) is 0 Å². The van der Waals surface area contributed by atoms with Crippen LogP contribution in [0.1, 0.15) is 40.0 Å². The van der Waals surface area contributed by atoms with E-state index in [4.69, 9.17) is 34.2 Å². The second-order valence-electron chi connectivity index (χ2n) is 6.71. The van der Waals surface area contributed by atoms with E-state index >= 15 is 0 Å². The molecule has 1 rings (SSSR count). The summed E-state index contributed by atoms with van der Waals surface area (Å²) in [6.07, 6.45) is -2.40. The minimum Gasteiger partial charge on any atom is -0.497 e. The highest BCUT2D eigenvalue weighted by atomic mass is 16.7. The average Bonchev–Trinajstić information content (AvgIpc) is 2.79. The third-order valence-electron chi connectivity index (χ3n) is 4.40. The van der Waals surface area contributed by atoms with Crippen LogP contribution in [0.2, 0.25) is 0 Å². The number of hydrogen-bond acceptors (Lipinski definition) is 11. The summed E-state index contributed by atoms with van der Waals surface area (Å²) in [6.45, 7) is 7.96. The maximum absolute atomic E-state index is 12.2. The molecule has 1 fully saturated rings. The van der Waals surface area contributed by atoms with Crippen LogP contribution in [0.25, 0.3) is 0 Å². The second-order valence-corrected chi connectivity index (χ2v) is 6.71. The summed E-state index contributed by atoms with van der Waals surface area (Å²) in [6, 6.07) is -1.19. The topological polar surface area (TPSA) is 150 Å². The summed E-state index contributed by atoms with van der Waals surface area (Å²) < 4.78 is 31.7. The largest absolute Gasteiger partial charge is 0.497 e. The molecule has 1 heterocycles. The Balaban J connectivity index is 3.16. The molecule has 2 N–H and O–H groups in total. The molecule has 1 aliphatic rings. The molecule has 0 radical (unpaired) electrons. The van der Waals surface area contributed by atoms with Crippen molar-refractivity contribution in [2.24, 2.45) is 5.73 Å². The Morgan fingerprint density at radius 2 is 1.47 bits per heavy atom. The standard InChI is InChI=1S/C21H31NO10/c1-6-14(23)28-11-13-19(30-15(24)7-2)20(31-16(25)8-3)18(22)21(29-13)32-17(26)10-9-12(4)27-5/h9-10,13,18-21H,4,6-8,11,22H2,1-3,5H3/b10-9+/t13-,18-,19-,20-,21+/m1/s1. The first kappa shape index (κ1) is 27.1. The molecule has 0 aromatic rings. The molecule has 0 bridgehead atoms. The molecule has 0 aromatic heterocycles. The van der Waals surface area contributed by atoms with Gasteiger partial charge >= 0.3 is 23.9 Å². The number of ether oxygens (including phenoxy) is 6. The van der Waals surface area contributed by atoms with E-state index in [-0.39, 0.29) is 31.6 Å². The number of esters is 4. The number of methoxy groups -OCH3 is 1. The first-order valence-corrected chi connectivity index (χ1v) is 10.2. The Bertz CT molecular complexity index is 719. The smallest absolute Gasteiger partial charge is 0.333 e. The van der Waals surface area contributed by atoms with Crippen LogP contribution in [0.4, 0.5) is 0 Å². The monoisotopic (exact) mass is 457 g/mol. The summed E-state index contributed by atoms with van der Waals surface area (Å²) in [5, 5.41) is 0. The first-order valence-electron chi connectivity index (χ1n) is 10.2. The third-order valence-corrected chi connectivity index (χ3v) is 4.40. The fraction of sp³-hybridized carbons (Fsp3) is 0.619. The molecule has 0 amide bonds. The highest BCUT2D eigenvalue weighted by Gasteiger charge is 2.50. The van der Waals surface area contributed by atoms with Crippen molar-refractivity contribution in [3.63, 3.8) is 0 Å². The lowest BCUT2D eigenvalue weighted by molar-refractivity contribution is -0.267. The van der Waals surface area contributed by atoms with E-state index < -0.39 is 54.5 Å². The van der Waals surface area contributed by atoms with E-state index in [9.17, 15) is 19.2 Å². The predicted octanol–water partition coefficient (Wildman–Crippen LogP) is 0.895. The van der Waals surface area contributed by atoms with Gasteiger partial charge in [0.2, 0.25) is 6.29 Å². The van der Waals surface area contributed by atoms with Gasteiger partial charge in [-0.05, 0) is 6.08 Å². The van der Waals surface area contributed by atoms with E-state index in [0.29, 0.717) is 0 Å². The summed E-state index contributed by atoms with van der Waals surface area (Å²) in [4.78, 5) is 47.8. The van der Waals surface area contributed by atoms with Crippen LogP contribution in [0.15, 0.2) is 24.5 Å². The highest BCUT2D eigenvalue weighted by molar-refractivity contribution is 5.82. The van der Waals surface area contributed by atoms with Crippen molar-refractivity contribution in [1.29, 1.82) is 0 Å². The van der Waals surface area contributed by atoms with Gasteiger partial charge in [-0.15, -0.1) is 0 Å². The van der Waals surface area contributed by atoms with Crippen molar-refractivity contribution in [1.82, 2.24) is 0 Å². The van der Waals surface area contributed by atoms with Gasteiger partial charge in [-0.3, -0.25) is 14.4 Å². The zero-order valence-corrected chi connectivity index (χ0v) is 18.7. The van der Waals surface area contributed by atoms with Crippen LogP contribution < -0.4 is 5.73 Å². The first-order chi connectivity index (χ1) is 15.2. The van der Waals surface area contributed by atoms with E-state index in [1.54, 1.807) is 20.8 Å². The molecule has 1 aliphatic heterocycles. The van der Waals surface area contributed by atoms with Gasteiger partial charge in [-0.2, -0.15) is 0 Å². The number of rotatable bonds is 11. The SMILES string of the molecule is C=C(/C=C/C(=O)O[C@@H]1O[C@H](COC(=O)CC)[C@@H](OC(=O)CC)[C@H](OC(=O)CC)[C@H]1N)OC. The molecule has 11 nitrogen and oxygen atoms in total. The van der Waals surface area contributed by atoms with Gasteiger partial charge in [-0.1, -0.05) is 27.4 Å². The predicted molar refractivity (Wildman–Crippen MR) is 110 cm³/mol. The molecular weight excluding hydrogens is 426 g/mol. The molecule has 0 unspecified atom stereocenters. The van der Waals surface area contributed by atoms with Gasteiger partial charge in [0.25, 0.3) is 0 Å². The maximum Gasteiger partial charge on any atom is 0.333 e. The lowest BCUT2D eigenvalue weighted by Gasteiger charge is -2.43. The lowest BCUT2D eigenvalue weighted by atomic mass is 9.97. The number of carbonyl (C=O) groups is 4. The van der Waals surface area contributed by atoms with Crippen molar-refractivity contribution in [2.45, 2.75) is 70.7 Å². The lowest BCUT2D eigenvalue weighted by Crippen LogP contribution is -2.65. The number of carbonyl (C=O) groups excluding carboxylic acids is 4. The van der Waals surface area contributed by atoms with E-state index in [0.717, 1.165) is 6.08 Å². The maximum atomic E-state index is 12.2. The number of nitrogens with two attached hydrogens (primary N) is 1. The van der Waals surface area contributed by atoms with Gasteiger partial charge in [-0.25, -0.2) is 4.79 Å². The Kier molecular flexibility index (Phi) is 11.4. The van der Waals surface area contributed by atoms with Crippen LogP contribution in [0, 0.1) is 0 Å². The number of hydrogen-bond donors (Lipinski definition) is 1. The van der Waals surface area contributed by atoms with Crippen molar-refractivity contribution < 1.29 is 47.6 Å². The quantitative estimate of drug-likeness (QED) is 0.155. The van der Waals surface area contributed by atoms with E-state index in [1.165, 1.54) is 13.2 Å². The zero-order valence-electron chi connectivity index (χ0n) is 18.7. The van der Waals surface area contributed by atoms with Gasteiger partial charge in [0.05, 0.1) is 7.11 Å². The van der Waals surface area contributed by atoms with Crippen LogP contribution in [0.5, 0.6) is 0 Å². The second kappa shape index (κ2) is 13.5. The van der Waals surface area contributed by atoms with Crippen molar-refractivity contribution in [3.05, 3.63) is 24.5 Å². The molecule has 180 valence electrons. The zero-order chi connectivity index (χ0) is 24.3. The molecule has 11 heteroatoms. The van der Waals surface area contributed by atoms with Gasteiger partial charge in [0.1, 0.15) is 24.5 Å². The van der Waals surface area contributed by atoms with Gasteiger partial charge in [0.15, 0.2) is 12.2 Å². The third kappa shape index (κ3) is 8.31. The molecule has 5 atom stereocenters. The van der Waals surface area contributed by atoms with Crippen LogP contribution in [-0.2, 0) is 47.6 Å². The Labute approximate surface area is 186 Å². The van der Waals surface area contributed by atoms with Crippen molar-refractivity contribution in [3.8, 4) is 0 Å². The van der Waals surface area contributed by atoms with Crippen LogP contribution >= 0.6 is 0 Å². The summed E-state index contributed by atoms with van der Waals surface area (Å²) in [5.41, 5.74) is 6.16. The Morgan fingerprint density at radius 1 is 0.906 bits per heavy atom. The highest BCUT2D eigenvalue weighted by Crippen LogP contribution is 2.27. The van der Waals surface area contributed by atoms with Gasteiger partial charge in [0, 0.05) is 25.3 Å². The fourth-order valence-corrected chi connectivity index (χ4v) is 2.59. The van der Waals surface area contributed by atoms with Crippen molar-refractivity contribution in [2.75, 3.05) is 13.7 Å². The molecule has 0 aliphatic carbocycles. The summed E-state index contributed by atoms with van der Waals surface area (Å²) in [7, 11) is 1.38. The van der Waals surface area contributed by atoms with Crippen LogP contribution in [-0.4, -0.2) is 68.2 Å². The molecule has 0 aromatic carbocycles. The van der Waals surface area contributed by atoms with Crippen LogP contribution in [0.3, 0.4) is 0 Å². The minimum absolute atomic E-state index is 0.0281. The normalized spacial score (nSPS) is 25.0. The Morgan fingerprint density at radius 3 is 2.00 bits per heavy atom. The van der Waals surface area contributed by atoms with E-state index in [2.05, 4.69) is 6.58 Å². The molecule has 0 saturated carbocycles. The molecule has 32 heavy (non-hydrogen) atoms. The fourth-order valence-electron chi connectivity index (χ4n) is 2.59. The average molecular weight is 457 g/mol. The summed E-state index contributed by atoms with van der Waals surface area (Å²) in [5.74, 6) is -2.37. The summed E-state index contributed by atoms with van der Waals surface area (Å²) >= 11 is 0.